The van der Waals surface area contributed by atoms with Crippen LogP contribution in [0, 0.1) is 6.92 Å². The minimum Gasteiger partial charge on any atom is -0.367 e. The van der Waals surface area contributed by atoms with E-state index in [1.54, 1.807) is 23.6 Å². The average molecular weight is 389 g/mol. The van der Waals surface area contributed by atoms with Crippen molar-refractivity contribution in [3.63, 3.8) is 0 Å². The van der Waals surface area contributed by atoms with Gasteiger partial charge in [-0.2, -0.15) is 18.3 Å². The van der Waals surface area contributed by atoms with E-state index >= 15 is 0 Å². The Morgan fingerprint density at radius 1 is 1.19 bits per heavy atom. The minimum atomic E-state index is -4.32. The second-order valence-electron chi connectivity index (χ2n) is 6.28. The zero-order valence-electron chi connectivity index (χ0n) is 15.4. The van der Waals surface area contributed by atoms with Crippen LogP contribution in [-0.4, -0.2) is 27.2 Å². The fraction of sp³-hybridized carbons (Fsp3) is 0.611. The molecule has 1 fully saturated rings. The second-order valence-corrected chi connectivity index (χ2v) is 7.36. The van der Waals surface area contributed by atoms with Crippen LogP contribution in [0.3, 0.4) is 0 Å². The fourth-order valence-electron chi connectivity index (χ4n) is 3.20. The Bertz CT molecular complexity index is 714. The van der Waals surface area contributed by atoms with Crippen molar-refractivity contribution < 1.29 is 13.2 Å². The third kappa shape index (κ3) is 5.30. The maximum absolute atomic E-state index is 12.8. The number of nitrogens with two attached hydrogens (primary N) is 1. The Morgan fingerprint density at radius 2 is 1.92 bits per heavy atom. The van der Waals surface area contributed by atoms with Crippen molar-refractivity contribution in [2.75, 3.05) is 5.32 Å². The number of rotatable bonds is 3. The molecule has 146 valence electrons. The van der Waals surface area contributed by atoms with E-state index in [4.69, 9.17) is 5.73 Å². The first-order valence-corrected chi connectivity index (χ1v) is 9.91. The first-order chi connectivity index (χ1) is 12.3. The van der Waals surface area contributed by atoms with E-state index in [-0.39, 0.29) is 28.7 Å². The molecule has 2 atom stereocenters. The zero-order valence-corrected chi connectivity index (χ0v) is 16.3. The van der Waals surface area contributed by atoms with E-state index in [0.29, 0.717) is 11.2 Å². The van der Waals surface area contributed by atoms with Gasteiger partial charge in [0.1, 0.15) is 5.82 Å². The molecule has 0 aromatic carbocycles. The molecule has 0 saturated heterocycles. The highest BCUT2D eigenvalue weighted by Crippen LogP contribution is 2.41. The summed E-state index contributed by atoms with van der Waals surface area (Å²) in [5.74, 6) is 0.727. The molecule has 1 aliphatic rings. The van der Waals surface area contributed by atoms with Crippen LogP contribution >= 0.6 is 11.8 Å². The van der Waals surface area contributed by atoms with E-state index < -0.39 is 5.51 Å². The van der Waals surface area contributed by atoms with Gasteiger partial charge in [0, 0.05) is 12.1 Å². The molecule has 1 unspecified atom stereocenters. The van der Waals surface area contributed by atoms with Crippen molar-refractivity contribution in [2.24, 2.45) is 5.73 Å². The molecule has 2 heterocycles. The van der Waals surface area contributed by atoms with Crippen LogP contribution in [0.2, 0.25) is 0 Å². The summed E-state index contributed by atoms with van der Waals surface area (Å²) in [6.45, 7) is 5.61. The van der Waals surface area contributed by atoms with Crippen molar-refractivity contribution in [1.29, 1.82) is 0 Å². The SMILES string of the molecule is CC.Cc1nn2c(NC3CCC[C@H](N)CC3)cccc2c1SC(F)(F)F. The third-order valence-electron chi connectivity index (χ3n) is 4.36. The number of aromatic nitrogens is 2. The van der Waals surface area contributed by atoms with Crippen LogP contribution in [0.15, 0.2) is 23.1 Å². The van der Waals surface area contributed by atoms with Crippen molar-refractivity contribution >= 4 is 23.1 Å². The van der Waals surface area contributed by atoms with Crippen molar-refractivity contribution in [3.8, 4) is 0 Å². The molecule has 3 rings (SSSR count). The lowest BCUT2D eigenvalue weighted by Crippen LogP contribution is -2.22. The molecule has 0 spiro atoms. The highest BCUT2D eigenvalue weighted by atomic mass is 32.2. The number of pyridine rings is 1. The van der Waals surface area contributed by atoms with Crippen molar-refractivity contribution in [2.45, 2.75) is 75.4 Å². The molecule has 2 aromatic heterocycles. The average Bonchev–Trinajstić information content (AvgIpc) is 2.76. The number of nitrogens with zero attached hydrogens (tertiary/aromatic N) is 2. The summed E-state index contributed by atoms with van der Waals surface area (Å²) < 4.78 is 39.9. The third-order valence-corrected chi connectivity index (χ3v) is 5.30. The number of hydrogen-bond acceptors (Lipinski definition) is 4. The topological polar surface area (TPSA) is 55.3 Å². The molecule has 0 bridgehead atoms. The Hall–Kier alpha value is -1.41. The van der Waals surface area contributed by atoms with Gasteiger partial charge in [0.2, 0.25) is 0 Å². The van der Waals surface area contributed by atoms with Crippen molar-refractivity contribution in [3.05, 3.63) is 23.9 Å². The standard InChI is InChI=1S/C16H21F3N4S.C2H6/c1-10-15(24-16(17,18)19)13-6-3-7-14(23(13)22-10)21-12-5-2-4-11(20)8-9-12;1-2/h3,6-7,11-12,21H,2,4-5,8-9,20H2,1H3;1-2H3/t11-,12?;/m0./s1. The first kappa shape index (κ1) is 20.9. The van der Waals surface area contributed by atoms with Crippen LogP contribution in [-0.2, 0) is 0 Å². The molecule has 0 amide bonds. The van der Waals surface area contributed by atoms with E-state index in [1.807, 2.05) is 19.9 Å². The van der Waals surface area contributed by atoms with E-state index in [1.165, 1.54) is 0 Å². The van der Waals surface area contributed by atoms with Gasteiger partial charge in [-0.3, -0.25) is 0 Å². The maximum Gasteiger partial charge on any atom is 0.446 e. The molecule has 1 aliphatic carbocycles. The summed E-state index contributed by atoms with van der Waals surface area (Å²) in [5.41, 5.74) is 2.54. The molecule has 3 N–H and O–H groups in total. The number of aryl methyl sites for hydroxylation is 1. The number of nitrogens with one attached hydrogen (secondary N) is 1. The highest BCUT2D eigenvalue weighted by Gasteiger charge is 2.32. The van der Waals surface area contributed by atoms with Gasteiger partial charge in [-0.15, -0.1) is 0 Å². The van der Waals surface area contributed by atoms with Crippen LogP contribution in [0.1, 0.15) is 51.6 Å². The van der Waals surface area contributed by atoms with Gasteiger partial charge in [0.25, 0.3) is 0 Å². The van der Waals surface area contributed by atoms with E-state index in [9.17, 15) is 13.2 Å². The Morgan fingerprint density at radius 3 is 2.62 bits per heavy atom. The quantitative estimate of drug-likeness (QED) is 0.549. The fourth-order valence-corrected chi connectivity index (χ4v) is 3.88. The Kier molecular flexibility index (Phi) is 7.23. The lowest BCUT2D eigenvalue weighted by atomic mass is 10.1. The monoisotopic (exact) mass is 388 g/mol. The first-order valence-electron chi connectivity index (χ1n) is 9.10. The van der Waals surface area contributed by atoms with E-state index in [0.717, 1.165) is 37.9 Å². The van der Waals surface area contributed by atoms with Crippen LogP contribution in [0.5, 0.6) is 0 Å². The number of anilines is 1. The molecular weight excluding hydrogens is 361 g/mol. The van der Waals surface area contributed by atoms with Gasteiger partial charge in [-0.25, -0.2) is 4.52 Å². The summed E-state index contributed by atoms with van der Waals surface area (Å²) in [7, 11) is 0. The molecule has 1 saturated carbocycles. The van der Waals surface area contributed by atoms with Crippen LogP contribution < -0.4 is 11.1 Å². The summed E-state index contributed by atoms with van der Waals surface area (Å²) in [6, 6.07) is 5.80. The largest absolute Gasteiger partial charge is 0.446 e. The predicted octanol–water partition coefficient (Wildman–Crippen LogP) is 5.35. The molecule has 4 nitrogen and oxygen atoms in total. The second kappa shape index (κ2) is 8.99. The minimum absolute atomic E-state index is 0.106. The lowest BCUT2D eigenvalue weighted by Gasteiger charge is -2.18. The number of halogens is 3. The molecule has 0 radical (unpaired) electrons. The Labute approximate surface area is 156 Å². The number of thioether (sulfide) groups is 1. The highest BCUT2D eigenvalue weighted by molar-refractivity contribution is 8.00. The number of fused-ring (bicyclic) bond motifs is 1. The molecule has 8 heteroatoms. The maximum atomic E-state index is 12.8. The van der Waals surface area contributed by atoms with E-state index in [2.05, 4.69) is 10.4 Å². The van der Waals surface area contributed by atoms with Gasteiger partial charge < -0.3 is 11.1 Å². The summed E-state index contributed by atoms with van der Waals surface area (Å²) in [4.78, 5) is 0.161. The van der Waals surface area contributed by atoms with Gasteiger partial charge in [0.15, 0.2) is 0 Å². The van der Waals surface area contributed by atoms with Gasteiger partial charge in [0.05, 0.1) is 16.1 Å². The zero-order chi connectivity index (χ0) is 19.3. The van der Waals surface area contributed by atoms with Crippen LogP contribution in [0.4, 0.5) is 19.0 Å². The molecule has 0 aliphatic heterocycles. The smallest absolute Gasteiger partial charge is 0.367 e. The molecule has 26 heavy (non-hydrogen) atoms. The summed E-state index contributed by atoms with van der Waals surface area (Å²) in [6.07, 6.45) is 5.01. The van der Waals surface area contributed by atoms with Gasteiger partial charge >= 0.3 is 5.51 Å². The predicted molar refractivity (Wildman–Crippen MR) is 102 cm³/mol. The summed E-state index contributed by atoms with van der Waals surface area (Å²) >= 11 is -0.106. The lowest BCUT2D eigenvalue weighted by molar-refractivity contribution is -0.0328. The van der Waals surface area contributed by atoms with Gasteiger partial charge in [-0.1, -0.05) is 19.9 Å². The summed E-state index contributed by atoms with van der Waals surface area (Å²) in [5, 5.41) is 7.75. The van der Waals surface area contributed by atoms with Gasteiger partial charge in [-0.05, 0) is 62.9 Å². The molecular formula is C18H27F3N4S. The molecule has 2 aromatic rings. The normalized spacial score (nSPS) is 21.0. The Balaban J connectivity index is 0.00000117. The van der Waals surface area contributed by atoms with Crippen molar-refractivity contribution in [1.82, 2.24) is 9.61 Å². The number of hydrogen-bond donors (Lipinski definition) is 2. The number of alkyl halides is 3. The van der Waals surface area contributed by atoms with Crippen LogP contribution in [0.25, 0.3) is 5.52 Å².